The maximum absolute atomic E-state index is 11.4. The summed E-state index contributed by atoms with van der Waals surface area (Å²) in [5.74, 6) is 0. The van der Waals surface area contributed by atoms with E-state index < -0.39 is 5.60 Å². The third-order valence-corrected chi connectivity index (χ3v) is 2.87. The first kappa shape index (κ1) is 14.3. The lowest BCUT2D eigenvalue weighted by molar-refractivity contribution is 0.0524. The van der Waals surface area contributed by atoms with E-state index in [9.17, 15) is 4.79 Å². The van der Waals surface area contributed by atoms with Gasteiger partial charge in [0.1, 0.15) is 5.60 Å². The summed E-state index contributed by atoms with van der Waals surface area (Å²) in [6.45, 7) is 11.5. The standard InChI is InChI=1S/C13H25NO3/c1-12(2,3)17-11(15)14-8-6-7-13(4,5)10-9-16-10/h10H,6-9H2,1-5H3,(H,14,15). The highest BCUT2D eigenvalue weighted by Gasteiger charge is 2.38. The van der Waals surface area contributed by atoms with Crippen LogP contribution in [0, 0.1) is 5.41 Å². The first-order valence-corrected chi connectivity index (χ1v) is 6.29. The molecule has 1 atom stereocenters. The zero-order chi connectivity index (χ0) is 13.1. The fourth-order valence-corrected chi connectivity index (χ4v) is 1.71. The molecule has 1 heterocycles. The molecular formula is C13H25NO3. The molecule has 0 radical (unpaired) electrons. The first-order chi connectivity index (χ1) is 7.71. The minimum absolute atomic E-state index is 0.218. The van der Waals surface area contributed by atoms with E-state index in [2.05, 4.69) is 19.2 Å². The van der Waals surface area contributed by atoms with Crippen molar-refractivity contribution in [2.45, 2.75) is 59.2 Å². The highest BCUT2D eigenvalue weighted by molar-refractivity contribution is 5.67. The number of alkyl carbamates (subject to hydrolysis) is 1. The zero-order valence-corrected chi connectivity index (χ0v) is 11.6. The van der Waals surface area contributed by atoms with Crippen LogP contribution in [0.15, 0.2) is 0 Å². The Bertz CT molecular complexity index is 264. The van der Waals surface area contributed by atoms with Crippen LogP contribution in [0.3, 0.4) is 0 Å². The van der Waals surface area contributed by atoms with Crippen molar-refractivity contribution in [1.82, 2.24) is 5.32 Å². The second-order valence-electron chi connectivity index (χ2n) is 6.34. The van der Waals surface area contributed by atoms with Gasteiger partial charge in [-0.25, -0.2) is 4.79 Å². The second kappa shape index (κ2) is 5.25. The molecule has 0 aromatic carbocycles. The van der Waals surface area contributed by atoms with Crippen LogP contribution in [0.5, 0.6) is 0 Å². The molecule has 17 heavy (non-hydrogen) atoms. The minimum Gasteiger partial charge on any atom is -0.444 e. The molecule has 0 aromatic rings. The number of epoxide rings is 1. The van der Waals surface area contributed by atoms with E-state index in [1.54, 1.807) is 0 Å². The van der Waals surface area contributed by atoms with Gasteiger partial charge in [0.25, 0.3) is 0 Å². The second-order valence-corrected chi connectivity index (χ2v) is 6.34. The SMILES string of the molecule is CC(C)(C)OC(=O)NCCCC(C)(C)C1CO1. The van der Waals surface area contributed by atoms with Gasteiger partial charge in [0.2, 0.25) is 0 Å². The van der Waals surface area contributed by atoms with Crippen LogP contribution in [0.4, 0.5) is 4.79 Å². The fraction of sp³-hybridized carbons (Fsp3) is 0.923. The maximum Gasteiger partial charge on any atom is 0.407 e. The number of nitrogens with one attached hydrogen (secondary N) is 1. The Balaban J connectivity index is 2.09. The molecule has 1 rings (SSSR count). The summed E-state index contributed by atoms with van der Waals surface area (Å²) in [5, 5.41) is 2.77. The predicted octanol–water partition coefficient (Wildman–Crippen LogP) is 2.72. The maximum atomic E-state index is 11.4. The Morgan fingerprint density at radius 1 is 1.35 bits per heavy atom. The summed E-state index contributed by atoms with van der Waals surface area (Å²) >= 11 is 0. The Hall–Kier alpha value is -0.770. The van der Waals surface area contributed by atoms with Gasteiger partial charge in [-0.05, 0) is 39.0 Å². The fourth-order valence-electron chi connectivity index (χ4n) is 1.71. The van der Waals surface area contributed by atoms with Crippen LogP contribution in [-0.2, 0) is 9.47 Å². The van der Waals surface area contributed by atoms with Crippen molar-refractivity contribution in [2.75, 3.05) is 13.2 Å². The Morgan fingerprint density at radius 2 is 1.94 bits per heavy atom. The molecule has 0 saturated carbocycles. The molecule has 0 spiro atoms. The monoisotopic (exact) mass is 243 g/mol. The predicted molar refractivity (Wildman–Crippen MR) is 67.0 cm³/mol. The van der Waals surface area contributed by atoms with Crippen molar-refractivity contribution in [1.29, 1.82) is 0 Å². The average molecular weight is 243 g/mol. The molecule has 4 heteroatoms. The lowest BCUT2D eigenvalue weighted by Crippen LogP contribution is -2.33. The van der Waals surface area contributed by atoms with Crippen molar-refractivity contribution in [3.63, 3.8) is 0 Å². The summed E-state index contributed by atoms with van der Waals surface area (Å²) in [6, 6.07) is 0. The lowest BCUT2D eigenvalue weighted by atomic mass is 9.84. The third kappa shape index (κ3) is 5.91. The van der Waals surface area contributed by atoms with Crippen LogP contribution in [0.2, 0.25) is 0 Å². The Labute approximate surface area is 104 Å². The lowest BCUT2D eigenvalue weighted by Gasteiger charge is -2.22. The van der Waals surface area contributed by atoms with Gasteiger partial charge in [0, 0.05) is 6.54 Å². The van der Waals surface area contributed by atoms with E-state index in [-0.39, 0.29) is 11.5 Å². The molecule has 1 unspecified atom stereocenters. The highest BCUT2D eigenvalue weighted by atomic mass is 16.6. The van der Waals surface area contributed by atoms with Crippen LogP contribution < -0.4 is 5.32 Å². The van der Waals surface area contributed by atoms with E-state index in [4.69, 9.17) is 9.47 Å². The molecule has 1 saturated heterocycles. The van der Waals surface area contributed by atoms with Crippen LogP contribution >= 0.6 is 0 Å². The van der Waals surface area contributed by atoms with Crippen molar-refractivity contribution >= 4 is 6.09 Å². The Kier molecular flexibility index (Phi) is 4.42. The number of carbonyl (C=O) groups excluding carboxylic acids is 1. The third-order valence-electron chi connectivity index (χ3n) is 2.87. The molecule has 1 amide bonds. The van der Waals surface area contributed by atoms with Gasteiger partial charge in [-0.3, -0.25) is 0 Å². The molecule has 0 bridgehead atoms. The van der Waals surface area contributed by atoms with Crippen molar-refractivity contribution in [3.05, 3.63) is 0 Å². The average Bonchev–Trinajstić information content (AvgIpc) is 2.92. The summed E-state index contributed by atoms with van der Waals surface area (Å²) in [4.78, 5) is 11.4. The topological polar surface area (TPSA) is 50.9 Å². The number of hydrogen-bond acceptors (Lipinski definition) is 3. The Morgan fingerprint density at radius 3 is 2.41 bits per heavy atom. The van der Waals surface area contributed by atoms with Crippen LogP contribution in [0.1, 0.15) is 47.5 Å². The quantitative estimate of drug-likeness (QED) is 0.596. The summed E-state index contributed by atoms with van der Waals surface area (Å²) in [6.07, 6.45) is 2.07. The van der Waals surface area contributed by atoms with Gasteiger partial charge in [0.15, 0.2) is 0 Å². The number of hydrogen-bond donors (Lipinski definition) is 1. The van der Waals surface area contributed by atoms with Crippen molar-refractivity contribution in [3.8, 4) is 0 Å². The zero-order valence-electron chi connectivity index (χ0n) is 11.6. The molecule has 100 valence electrons. The smallest absolute Gasteiger partial charge is 0.407 e. The van der Waals surface area contributed by atoms with Crippen molar-refractivity contribution in [2.24, 2.45) is 5.41 Å². The van der Waals surface area contributed by atoms with Gasteiger partial charge in [-0.15, -0.1) is 0 Å². The number of amides is 1. The van der Waals surface area contributed by atoms with E-state index >= 15 is 0 Å². The number of ether oxygens (including phenoxy) is 2. The normalized spacial score (nSPS) is 19.9. The van der Waals surface area contributed by atoms with Gasteiger partial charge < -0.3 is 14.8 Å². The molecule has 0 aromatic heterocycles. The summed E-state index contributed by atoms with van der Waals surface area (Å²) < 4.78 is 10.5. The molecular weight excluding hydrogens is 218 g/mol. The largest absolute Gasteiger partial charge is 0.444 e. The van der Waals surface area contributed by atoms with E-state index in [1.165, 1.54) is 0 Å². The number of carbonyl (C=O) groups is 1. The molecule has 0 aliphatic carbocycles. The highest BCUT2D eigenvalue weighted by Crippen LogP contribution is 2.35. The molecule has 1 aliphatic rings. The van der Waals surface area contributed by atoms with E-state index in [1.807, 2.05) is 20.8 Å². The van der Waals surface area contributed by atoms with Gasteiger partial charge in [0.05, 0.1) is 12.7 Å². The summed E-state index contributed by atoms with van der Waals surface area (Å²) in [5.41, 5.74) is -0.208. The first-order valence-electron chi connectivity index (χ1n) is 6.29. The minimum atomic E-state index is -0.425. The number of rotatable bonds is 5. The molecule has 1 N–H and O–H groups in total. The van der Waals surface area contributed by atoms with E-state index in [0.29, 0.717) is 12.6 Å². The molecule has 1 aliphatic heterocycles. The van der Waals surface area contributed by atoms with E-state index in [0.717, 1.165) is 19.4 Å². The van der Waals surface area contributed by atoms with Gasteiger partial charge in [-0.1, -0.05) is 13.8 Å². The summed E-state index contributed by atoms with van der Waals surface area (Å²) in [7, 11) is 0. The van der Waals surface area contributed by atoms with Crippen LogP contribution in [0.25, 0.3) is 0 Å². The van der Waals surface area contributed by atoms with Crippen molar-refractivity contribution < 1.29 is 14.3 Å². The van der Waals surface area contributed by atoms with Gasteiger partial charge in [-0.2, -0.15) is 0 Å². The van der Waals surface area contributed by atoms with Crippen LogP contribution in [-0.4, -0.2) is 30.9 Å². The van der Waals surface area contributed by atoms with Gasteiger partial charge >= 0.3 is 6.09 Å². The molecule has 4 nitrogen and oxygen atoms in total. The molecule has 1 fully saturated rings.